The molecule has 1 saturated heterocycles. The van der Waals surface area contributed by atoms with E-state index in [0.29, 0.717) is 5.92 Å². The van der Waals surface area contributed by atoms with Gasteiger partial charge in [0.1, 0.15) is 9.84 Å². The van der Waals surface area contributed by atoms with Gasteiger partial charge >= 0.3 is 0 Å². The van der Waals surface area contributed by atoms with Gasteiger partial charge in [-0.1, -0.05) is 12.8 Å². The second kappa shape index (κ2) is 6.41. The van der Waals surface area contributed by atoms with E-state index in [2.05, 4.69) is 10.6 Å². The van der Waals surface area contributed by atoms with Crippen LogP contribution in [-0.2, 0) is 14.6 Å². The number of rotatable bonds is 4. The Labute approximate surface area is 121 Å². The number of carbonyl (C=O) groups is 1. The second-order valence-corrected chi connectivity index (χ2v) is 7.88. The van der Waals surface area contributed by atoms with E-state index in [9.17, 15) is 13.2 Å². The molecule has 2 atom stereocenters. The van der Waals surface area contributed by atoms with Gasteiger partial charge < -0.3 is 10.6 Å². The van der Waals surface area contributed by atoms with E-state index in [1.54, 1.807) is 0 Å². The molecule has 7 heteroatoms. The van der Waals surface area contributed by atoms with E-state index in [1.165, 1.54) is 12.7 Å². The normalized spacial score (nSPS) is 30.3. The van der Waals surface area contributed by atoms with E-state index >= 15 is 0 Å². The van der Waals surface area contributed by atoms with Crippen molar-refractivity contribution in [1.82, 2.24) is 10.6 Å². The van der Waals surface area contributed by atoms with Crippen LogP contribution in [-0.4, -0.2) is 46.0 Å². The van der Waals surface area contributed by atoms with Crippen LogP contribution in [0.2, 0.25) is 0 Å². The molecule has 0 aromatic rings. The standard InChI is InChI=1S/C12H22N2O3S.ClH/c1-18(16,17)7-6-14-11(15)12-5-3-2-4-10(12)8-13-9-12;/h10,13H,2-9H2,1H3,(H,14,15);1H/t10-,12+;/m0./s1. The molecule has 112 valence electrons. The Morgan fingerprint density at radius 3 is 2.84 bits per heavy atom. The number of hydrogen-bond donors (Lipinski definition) is 2. The van der Waals surface area contributed by atoms with Crippen molar-refractivity contribution >= 4 is 28.2 Å². The van der Waals surface area contributed by atoms with E-state index < -0.39 is 9.84 Å². The van der Waals surface area contributed by atoms with Gasteiger partial charge in [-0.2, -0.15) is 0 Å². The minimum atomic E-state index is -3.01. The summed E-state index contributed by atoms with van der Waals surface area (Å²) in [5, 5.41) is 6.13. The lowest BCUT2D eigenvalue weighted by Crippen LogP contribution is -2.48. The summed E-state index contributed by atoms with van der Waals surface area (Å²) < 4.78 is 22.1. The van der Waals surface area contributed by atoms with Gasteiger partial charge in [0.15, 0.2) is 0 Å². The predicted molar refractivity (Wildman–Crippen MR) is 77.2 cm³/mol. The largest absolute Gasteiger partial charge is 0.355 e. The SMILES string of the molecule is CS(=O)(=O)CCNC(=O)[C@@]12CCCC[C@H]1CNC2.Cl. The van der Waals surface area contributed by atoms with Gasteiger partial charge in [0.25, 0.3) is 0 Å². The zero-order valence-corrected chi connectivity index (χ0v) is 12.9. The number of fused-ring (bicyclic) bond motifs is 1. The van der Waals surface area contributed by atoms with Crippen molar-refractivity contribution in [3.63, 3.8) is 0 Å². The number of carbonyl (C=O) groups excluding carboxylic acids is 1. The summed E-state index contributed by atoms with van der Waals surface area (Å²) in [5.74, 6) is 0.484. The Hall–Kier alpha value is -0.330. The monoisotopic (exact) mass is 310 g/mol. The van der Waals surface area contributed by atoms with Crippen LogP contribution in [0.5, 0.6) is 0 Å². The van der Waals surface area contributed by atoms with Gasteiger partial charge in [-0.05, 0) is 25.3 Å². The molecule has 0 aromatic carbocycles. The Bertz CT molecular complexity index is 427. The van der Waals surface area contributed by atoms with Crippen LogP contribution in [0.25, 0.3) is 0 Å². The van der Waals surface area contributed by atoms with Crippen molar-refractivity contribution in [2.45, 2.75) is 25.7 Å². The molecular formula is C12H23ClN2O3S. The Morgan fingerprint density at radius 2 is 2.16 bits per heavy atom. The number of amides is 1. The van der Waals surface area contributed by atoms with Crippen LogP contribution < -0.4 is 10.6 Å². The first-order valence-electron chi connectivity index (χ1n) is 6.61. The second-order valence-electron chi connectivity index (χ2n) is 5.62. The van der Waals surface area contributed by atoms with Gasteiger partial charge in [0.05, 0.1) is 11.2 Å². The van der Waals surface area contributed by atoms with Crippen LogP contribution in [0.3, 0.4) is 0 Å². The predicted octanol–water partition coefficient (Wildman–Crippen LogP) is 0.349. The lowest BCUT2D eigenvalue weighted by molar-refractivity contribution is -0.133. The highest BCUT2D eigenvalue weighted by Crippen LogP contribution is 2.43. The highest BCUT2D eigenvalue weighted by atomic mass is 35.5. The molecule has 0 spiro atoms. The molecule has 2 rings (SSSR count). The summed E-state index contributed by atoms with van der Waals surface area (Å²) in [6.07, 6.45) is 5.52. The van der Waals surface area contributed by atoms with Crippen molar-refractivity contribution in [2.24, 2.45) is 11.3 Å². The summed E-state index contributed by atoms with van der Waals surface area (Å²) in [7, 11) is -3.01. The van der Waals surface area contributed by atoms with Gasteiger partial charge in [0.2, 0.25) is 5.91 Å². The highest BCUT2D eigenvalue weighted by molar-refractivity contribution is 7.90. The number of hydrogen-bond acceptors (Lipinski definition) is 4. The zero-order chi connectivity index (χ0) is 13.2. The Balaban J connectivity index is 0.00000180. The van der Waals surface area contributed by atoms with Crippen molar-refractivity contribution < 1.29 is 13.2 Å². The first-order chi connectivity index (χ1) is 8.44. The molecule has 2 fully saturated rings. The minimum Gasteiger partial charge on any atom is -0.355 e. The molecule has 1 aliphatic heterocycles. The third kappa shape index (κ3) is 3.83. The van der Waals surface area contributed by atoms with E-state index in [4.69, 9.17) is 0 Å². The fourth-order valence-corrected chi connectivity index (χ4v) is 3.69. The molecule has 1 aliphatic carbocycles. The first kappa shape index (κ1) is 16.7. The van der Waals surface area contributed by atoms with Crippen molar-refractivity contribution in [2.75, 3.05) is 31.6 Å². The molecule has 1 heterocycles. The quantitative estimate of drug-likeness (QED) is 0.785. The van der Waals surface area contributed by atoms with E-state index in [1.807, 2.05) is 0 Å². The average molecular weight is 311 g/mol. The highest BCUT2D eigenvalue weighted by Gasteiger charge is 2.49. The number of sulfone groups is 1. The molecule has 19 heavy (non-hydrogen) atoms. The first-order valence-corrected chi connectivity index (χ1v) is 8.67. The molecule has 1 saturated carbocycles. The van der Waals surface area contributed by atoms with Crippen LogP contribution in [0.1, 0.15) is 25.7 Å². The molecule has 5 nitrogen and oxygen atoms in total. The summed E-state index contributed by atoms with van der Waals surface area (Å²) >= 11 is 0. The molecule has 2 N–H and O–H groups in total. The molecule has 0 aromatic heterocycles. The topological polar surface area (TPSA) is 75.3 Å². The zero-order valence-electron chi connectivity index (χ0n) is 11.3. The lowest BCUT2D eigenvalue weighted by atomic mass is 9.67. The van der Waals surface area contributed by atoms with Gasteiger partial charge in [-0.25, -0.2) is 8.42 Å². The van der Waals surface area contributed by atoms with E-state index in [-0.39, 0.29) is 36.0 Å². The average Bonchev–Trinajstić information content (AvgIpc) is 2.71. The summed E-state index contributed by atoms with van der Waals surface area (Å²) in [6.45, 7) is 1.88. The fraction of sp³-hybridized carbons (Fsp3) is 0.917. The third-order valence-corrected chi connectivity index (χ3v) is 5.19. The third-order valence-electron chi connectivity index (χ3n) is 4.25. The number of nitrogens with one attached hydrogen (secondary N) is 2. The van der Waals surface area contributed by atoms with Crippen molar-refractivity contribution in [1.29, 1.82) is 0 Å². The molecule has 0 radical (unpaired) electrons. The molecular weight excluding hydrogens is 288 g/mol. The summed E-state index contributed by atoms with van der Waals surface area (Å²) in [5.41, 5.74) is -0.282. The lowest BCUT2D eigenvalue weighted by Gasteiger charge is -2.37. The molecule has 1 amide bonds. The fourth-order valence-electron chi connectivity index (χ4n) is 3.22. The van der Waals surface area contributed by atoms with E-state index in [0.717, 1.165) is 32.4 Å². The van der Waals surface area contributed by atoms with Crippen LogP contribution in [0, 0.1) is 11.3 Å². The number of halogens is 1. The minimum absolute atomic E-state index is 0. The maximum absolute atomic E-state index is 12.3. The van der Waals surface area contributed by atoms with Crippen molar-refractivity contribution in [3.8, 4) is 0 Å². The van der Waals surface area contributed by atoms with Gasteiger partial charge in [-0.15, -0.1) is 12.4 Å². The molecule has 0 unspecified atom stereocenters. The smallest absolute Gasteiger partial charge is 0.227 e. The molecule has 2 aliphatic rings. The molecule has 0 bridgehead atoms. The summed E-state index contributed by atoms with van der Waals surface area (Å²) in [6, 6.07) is 0. The Kier molecular flexibility index (Phi) is 5.65. The Morgan fingerprint density at radius 1 is 1.42 bits per heavy atom. The van der Waals surface area contributed by atoms with Crippen LogP contribution in [0.4, 0.5) is 0 Å². The van der Waals surface area contributed by atoms with Gasteiger partial charge in [-0.3, -0.25) is 4.79 Å². The van der Waals surface area contributed by atoms with Gasteiger partial charge in [0, 0.05) is 19.3 Å². The maximum atomic E-state index is 12.3. The van der Waals surface area contributed by atoms with Crippen LogP contribution >= 0.6 is 12.4 Å². The summed E-state index contributed by atoms with van der Waals surface area (Å²) in [4.78, 5) is 12.3. The maximum Gasteiger partial charge on any atom is 0.227 e. The van der Waals surface area contributed by atoms with Crippen LogP contribution in [0.15, 0.2) is 0 Å². The van der Waals surface area contributed by atoms with Crippen molar-refractivity contribution in [3.05, 3.63) is 0 Å².